The van der Waals surface area contributed by atoms with Gasteiger partial charge in [-0.25, -0.2) is 0 Å². The third-order valence-electron chi connectivity index (χ3n) is 2.91. The molecule has 2 rings (SSSR count). The molecule has 0 spiro atoms. The van der Waals surface area contributed by atoms with Crippen molar-refractivity contribution in [2.75, 3.05) is 27.2 Å². The Bertz CT molecular complexity index is 572. The van der Waals surface area contributed by atoms with Gasteiger partial charge in [0.05, 0.1) is 11.6 Å². The monoisotopic (exact) mass is 305 g/mol. The summed E-state index contributed by atoms with van der Waals surface area (Å²) >= 11 is 6.12. The summed E-state index contributed by atoms with van der Waals surface area (Å²) < 4.78 is 11.7. The van der Waals surface area contributed by atoms with Crippen molar-refractivity contribution in [2.24, 2.45) is 0 Å². The molecule has 0 aromatic heterocycles. The van der Waals surface area contributed by atoms with Gasteiger partial charge in [-0.15, -0.1) is 0 Å². The second-order valence-corrected chi connectivity index (χ2v) is 5.39. The molecule has 21 heavy (non-hydrogen) atoms. The van der Waals surface area contributed by atoms with Crippen molar-refractivity contribution in [1.82, 2.24) is 4.90 Å². The molecule has 2 aromatic carbocycles. The summed E-state index contributed by atoms with van der Waals surface area (Å²) in [4.78, 5) is 2.13. The fourth-order valence-corrected chi connectivity index (χ4v) is 2.04. The maximum Gasteiger partial charge on any atom is 0.169 e. The van der Waals surface area contributed by atoms with Crippen LogP contribution < -0.4 is 9.47 Å². The zero-order valence-corrected chi connectivity index (χ0v) is 13.1. The van der Waals surface area contributed by atoms with Crippen molar-refractivity contribution in [2.45, 2.75) is 6.42 Å². The summed E-state index contributed by atoms with van der Waals surface area (Å²) in [6, 6.07) is 15.0. The minimum absolute atomic E-state index is 0.583. The van der Waals surface area contributed by atoms with Crippen LogP contribution in [0.5, 0.6) is 17.2 Å². The minimum Gasteiger partial charge on any atom is -0.490 e. The molecule has 0 radical (unpaired) electrons. The van der Waals surface area contributed by atoms with Gasteiger partial charge in [-0.2, -0.15) is 0 Å². The van der Waals surface area contributed by atoms with E-state index in [2.05, 4.69) is 19.0 Å². The average molecular weight is 306 g/mol. The van der Waals surface area contributed by atoms with Crippen molar-refractivity contribution in [3.63, 3.8) is 0 Å². The van der Waals surface area contributed by atoms with E-state index in [4.69, 9.17) is 21.1 Å². The summed E-state index contributed by atoms with van der Waals surface area (Å²) in [5.41, 5.74) is 0. The Morgan fingerprint density at radius 2 is 1.52 bits per heavy atom. The van der Waals surface area contributed by atoms with Gasteiger partial charge in [0, 0.05) is 6.54 Å². The SMILES string of the molecule is CN(C)CCCOc1ccccc1Oc1ccccc1Cl. The summed E-state index contributed by atoms with van der Waals surface area (Å²) in [6.45, 7) is 1.65. The van der Waals surface area contributed by atoms with Crippen molar-refractivity contribution in [3.8, 4) is 17.2 Å². The molecular formula is C17H20ClNO2. The molecule has 0 aliphatic rings. The van der Waals surface area contributed by atoms with Crippen LogP contribution in [0, 0.1) is 0 Å². The van der Waals surface area contributed by atoms with Crippen molar-refractivity contribution in [1.29, 1.82) is 0 Å². The van der Waals surface area contributed by atoms with E-state index in [-0.39, 0.29) is 0 Å². The molecule has 0 heterocycles. The predicted octanol–water partition coefficient (Wildman–Crippen LogP) is 4.46. The third-order valence-corrected chi connectivity index (χ3v) is 3.23. The first-order valence-corrected chi connectivity index (χ1v) is 7.33. The van der Waals surface area contributed by atoms with E-state index < -0.39 is 0 Å². The van der Waals surface area contributed by atoms with Crippen LogP contribution in [0.2, 0.25) is 5.02 Å². The number of hydrogen-bond acceptors (Lipinski definition) is 3. The van der Waals surface area contributed by atoms with Crippen LogP contribution in [0.1, 0.15) is 6.42 Å². The molecule has 0 bridgehead atoms. The maximum atomic E-state index is 6.12. The number of halogens is 1. The van der Waals surface area contributed by atoms with Gasteiger partial charge in [-0.1, -0.05) is 35.9 Å². The predicted molar refractivity (Wildman–Crippen MR) is 86.6 cm³/mol. The van der Waals surface area contributed by atoms with E-state index in [1.165, 1.54) is 0 Å². The summed E-state index contributed by atoms with van der Waals surface area (Å²) in [7, 11) is 4.10. The van der Waals surface area contributed by atoms with Crippen molar-refractivity contribution >= 4 is 11.6 Å². The minimum atomic E-state index is 0.583. The van der Waals surface area contributed by atoms with Gasteiger partial charge in [0.25, 0.3) is 0 Å². The molecular weight excluding hydrogens is 286 g/mol. The number of hydrogen-bond donors (Lipinski definition) is 0. The molecule has 0 aliphatic carbocycles. The zero-order chi connectivity index (χ0) is 15.1. The number of nitrogens with zero attached hydrogens (tertiary/aromatic N) is 1. The van der Waals surface area contributed by atoms with Crippen LogP contribution in [-0.2, 0) is 0 Å². The number of benzene rings is 2. The summed E-state index contributed by atoms with van der Waals surface area (Å²) in [6.07, 6.45) is 0.966. The molecule has 0 amide bonds. The fraction of sp³-hybridized carbons (Fsp3) is 0.294. The maximum absolute atomic E-state index is 6.12. The standard InChI is InChI=1S/C17H20ClNO2/c1-19(2)12-7-13-20-16-10-5-6-11-17(16)21-15-9-4-3-8-14(15)18/h3-6,8-11H,7,12-13H2,1-2H3. The normalized spacial score (nSPS) is 10.7. The van der Waals surface area contributed by atoms with Crippen LogP contribution in [0.4, 0.5) is 0 Å². The lowest BCUT2D eigenvalue weighted by Crippen LogP contribution is -2.15. The second kappa shape index (κ2) is 7.91. The van der Waals surface area contributed by atoms with E-state index >= 15 is 0 Å². The van der Waals surface area contributed by atoms with E-state index in [0.717, 1.165) is 18.7 Å². The smallest absolute Gasteiger partial charge is 0.169 e. The summed E-state index contributed by atoms with van der Waals surface area (Å²) in [5.74, 6) is 2.04. The van der Waals surface area contributed by atoms with E-state index in [9.17, 15) is 0 Å². The van der Waals surface area contributed by atoms with Crippen LogP contribution in [0.3, 0.4) is 0 Å². The quantitative estimate of drug-likeness (QED) is 0.705. The van der Waals surface area contributed by atoms with Gasteiger partial charge in [0.1, 0.15) is 5.75 Å². The lowest BCUT2D eigenvalue weighted by atomic mass is 10.3. The van der Waals surface area contributed by atoms with Crippen molar-refractivity contribution in [3.05, 3.63) is 53.6 Å². The molecule has 0 aliphatic heterocycles. The first-order chi connectivity index (χ1) is 10.2. The first-order valence-electron chi connectivity index (χ1n) is 6.96. The van der Waals surface area contributed by atoms with E-state index in [1.54, 1.807) is 6.07 Å². The van der Waals surface area contributed by atoms with Crippen LogP contribution in [0.25, 0.3) is 0 Å². The summed E-state index contributed by atoms with van der Waals surface area (Å²) in [5, 5.41) is 0.583. The molecule has 0 N–H and O–H groups in total. The van der Waals surface area contributed by atoms with Gasteiger partial charge in [0.2, 0.25) is 0 Å². The number of rotatable bonds is 7. The highest BCUT2D eigenvalue weighted by atomic mass is 35.5. The van der Waals surface area contributed by atoms with Crippen LogP contribution in [0.15, 0.2) is 48.5 Å². The molecule has 0 unspecified atom stereocenters. The molecule has 4 heteroatoms. The van der Waals surface area contributed by atoms with Gasteiger partial charge in [0.15, 0.2) is 11.5 Å². The number of ether oxygens (including phenoxy) is 2. The lowest BCUT2D eigenvalue weighted by Gasteiger charge is -2.14. The van der Waals surface area contributed by atoms with Gasteiger partial charge in [-0.05, 0) is 44.8 Å². The van der Waals surface area contributed by atoms with Crippen LogP contribution >= 0.6 is 11.6 Å². The molecule has 112 valence electrons. The second-order valence-electron chi connectivity index (χ2n) is 4.98. The Labute approximate surface area is 131 Å². The van der Waals surface area contributed by atoms with E-state index in [0.29, 0.717) is 23.1 Å². The topological polar surface area (TPSA) is 21.7 Å². The Hall–Kier alpha value is -1.71. The van der Waals surface area contributed by atoms with Gasteiger partial charge in [-0.3, -0.25) is 0 Å². The zero-order valence-electron chi connectivity index (χ0n) is 12.4. The molecule has 0 saturated heterocycles. The number of para-hydroxylation sites is 3. The molecule has 0 atom stereocenters. The molecule has 0 fully saturated rings. The highest BCUT2D eigenvalue weighted by Crippen LogP contribution is 2.34. The van der Waals surface area contributed by atoms with Crippen LogP contribution in [-0.4, -0.2) is 32.1 Å². The first kappa shape index (κ1) is 15.7. The third kappa shape index (κ3) is 4.96. The van der Waals surface area contributed by atoms with Gasteiger partial charge < -0.3 is 14.4 Å². The largest absolute Gasteiger partial charge is 0.490 e. The Morgan fingerprint density at radius 1 is 0.905 bits per heavy atom. The average Bonchev–Trinajstić information content (AvgIpc) is 2.47. The highest BCUT2D eigenvalue weighted by molar-refractivity contribution is 6.32. The Balaban J connectivity index is 2.01. The van der Waals surface area contributed by atoms with Crippen molar-refractivity contribution < 1.29 is 9.47 Å². The molecule has 2 aromatic rings. The van der Waals surface area contributed by atoms with E-state index in [1.807, 2.05) is 42.5 Å². The van der Waals surface area contributed by atoms with Gasteiger partial charge >= 0.3 is 0 Å². The fourth-order valence-electron chi connectivity index (χ4n) is 1.86. The highest BCUT2D eigenvalue weighted by Gasteiger charge is 2.07. The Kier molecular flexibility index (Phi) is 5.90. The lowest BCUT2D eigenvalue weighted by molar-refractivity contribution is 0.272. The molecule has 3 nitrogen and oxygen atoms in total. The Morgan fingerprint density at radius 3 is 2.19 bits per heavy atom. The molecule has 0 saturated carbocycles.